The second-order valence-corrected chi connectivity index (χ2v) is 9.50. The van der Waals surface area contributed by atoms with Crippen molar-refractivity contribution in [3.8, 4) is 0 Å². The Kier molecular flexibility index (Phi) is 23.1. The molecule has 0 aromatic rings. The Labute approximate surface area is 217 Å². The van der Waals surface area contributed by atoms with Crippen LogP contribution in [-0.4, -0.2) is 84.6 Å². The maximum atomic E-state index is 12.7. The molecule has 0 aliphatic heterocycles. The highest BCUT2D eigenvalue weighted by molar-refractivity contribution is 7.80. The number of unbranched alkanes of at least 4 members (excludes halogenated alkanes) is 7. The van der Waals surface area contributed by atoms with E-state index < -0.39 is 18.7 Å². The number of nitrogens with zero attached hydrogens (tertiary/aromatic N) is 1. The number of ketones is 1. The van der Waals surface area contributed by atoms with E-state index >= 15 is 0 Å². The lowest BCUT2D eigenvalue weighted by Crippen LogP contribution is -2.48. The molecule has 0 bridgehead atoms. The molecule has 1 atom stereocenters. The lowest BCUT2D eigenvalue weighted by Gasteiger charge is -2.23. The van der Waals surface area contributed by atoms with Gasteiger partial charge >= 0.3 is 6.03 Å². The molecular formula is C24H48N4O4S2. The molecule has 0 rings (SSSR count). The highest BCUT2D eigenvalue weighted by Crippen LogP contribution is 2.09. The number of aliphatic hydroxyl groups excluding tert-OH is 1. The molecule has 200 valence electrons. The molecule has 0 fully saturated rings. The molecule has 0 aromatic heterocycles. The minimum Gasteiger partial charge on any atom is -0.394 e. The minimum atomic E-state index is -0.869. The number of hydrogen-bond donors (Lipinski definition) is 6. The van der Waals surface area contributed by atoms with E-state index in [0.29, 0.717) is 19.5 Å². The molecule has 34 heavy (non-hydrogen) atoms. The summed E-state index contributed by atoms with van der Waals surface area (Å²) >= 11 is 8.52. The Morgan fingerprint density at radius 1 is 0.794 bits per heavy atom. The fourth-order valence-electron chi connectivity index (χ4n) is 3.46. The first kappa shape index (κ1) is 33.0. The van der Waals surface area contributed by atoms with E-state index in [9.17, 15) is 14.4 Å². The van der Waals surface area contributed by atoms with Crippen LogP contribution in [0.15, 0.2) is 0 Å². The Morgan fingerprint density at radius 3 is 1.91 bits per heavy atom. The number of carbonyl (C=O) groups excluding carboxylic acids is 3. The lowest BCUT2D eigenvalue weighted by molar-refractivity contribution is -0.131. The fraction of sp³-hybridized carbons (Fsp3) is 0.875. The van der Waals surface area contributed by atoms with Crippen LogP contribution in [0.5, 0.6) is 0 Å². The predicted octanol–water partition coefficient (Wildman–Crippen LogP) is 2.80. The zero-order valence-corrected chi connectivity index (χ0v) is 22.8. The van der Waals surface area contributed by atoms with E-state index in [1.165, 1.54) is 19.8 Å². The monoisotopic (exact) mass is 520 g/mol. The molecule has 0 spiro atoms. The van der Waals surface area contributed by atoms with Crippen LogP contribution in [0.2, 0.25) is 0 Å². The van der Waals surface area contributed by atoms with E-state index in [-0.39, 0.29) is 11.7 Å². The van der Waals surface area contributed by atoms with Gasteiger partial charge in [-0.15, -0.1) is 0 Å². The highest BCUT2D eigenvalue weighted by Gasteiger charge is 2.15. The van der Waals surface area contributed by atoms with Crippen LogP contribution in [0.4, 0.5) is 4.79 Å². The van der Waals surface area contributed by atoms with Gasteiger partial charge in [0.2, 0.25) is 5.91 Å². The molecule has 0 heterocycles. The van der Waals surface area contributed by atoms with Crippen molar-refractivity contribution in [2.24, 2.45) is 0 Å². The maximum absolute atomic E-state index is 12.7. The number of amides is 3. The first-order chi connectivity index (χ1) is 16.5. The Morgan fingerprint density at radius 2 is 1.38 bits per heavy atom. The number of hydrogen-bond acceptors (Lipinski definition) is 7. The van der Waals surface area contributed by atoms with Gasteiger partial charge in [0.05, 0.1) is 6.61 Å². The zero-order chi connectivity index (χ0) is 25.4. The molecule has 0 aromatic carbocycles. The van der Waals surface area contributed by atoms with Crippen molar-refractivity contribution in [2.45, 2.75) is 83.6 Å². The van der Waals surface area contributed by atoms with Crippen molar-refractivity contribution in [1.82, 2.24) is 20.9 Å². The number of thiol groups is 2. The summed E-state index contributed by atoms with van der Waals surface area (Å²) in [6, 6.07) is -1.34. The normalized spacial score (nSPS) is 11.8. The topological polar surface area (TPSA) is 111 Å². The van der Waals surface area contributed by atoms with Gasteiger partial charge in [-0.3, -0.25) is 9.59 Å². The fourth-order valence-corrected chi connectivity index (χ4v) is 3.90. The molecular weight excluding hydrogens is 472 g/mol. The quantitative estimate of drug-likeness (QED) is 0.0917. The third-order valence-electron chi connectivity index (χ3n) is 5.59. The number of urea groups is 1. The van der Waals surface area contributed by atoms with Gasteiger partial charge in [0.1, 0.15) is 6.04 Å². The summed E-state index contributed by atoms with van der Waals surface area (Å²) in [5, 5.41) is 17.4. The maximum Gasteiger partial charge on any atom is 0.315 e. The van der Waals surface area contributed by atoms with Gasteiger partial charge in [-0.25, -0.2) is 4.79 Å². The van der Waals surface area contributed by atoms with E-state index in [0.717, 1.165) is 82.5 Å². The summed E-state index contributed by atoms with van der Waals surface area (Å²) in [6.45, 7) is 4.39. The minimum absolute atomic E-state index is 0.255. The summed E-state index contributed by atoms with van der Waals surface area (Å²) < 4.78 is 0. The Balaban J connectivity index is 4.01. The number of rotatable bonds is 23. The summed E-state index contributed by atoms with van der Waals surface area (Å²) in [5.74, 6) is 1.82. The Hall–Kier alpha value is -0.970. The Bertz CT molecular complexity index is 527. The third kappa shape index (κ3) is 19.3. The number of carbonyl (C=O) groups is 3. The summed E-state index contributed by atoms with van der Waals surface area (Å²) in [6.07, 6.45) is 11.3. The largest absolute Gasteiger partial charge is 0.394 e. The van der Waals surface area contributed by atoms with Crippen molar-refractivity contribution >= 4 is 43.0 Å². The molecule has 0 unspecified atom stereocenters. The van der Waals surface area contributed by atoms with Crippen LogP contribution in [0.1, 0.15) is 77.6 Å². The standard InChI is InChI=1S/C24H48N4O4S2/c1-21(30)22(20-29)27-24(32)26-15-14-25-13-7-6-12-23(31)28(16-8-2-4-10-18-33)17-9-3-5-11-19-34/h22,25,29,33-34H,2-20H2,1H3,(H2,26,27,32)/t22-/m0/s1. The van der Waals surface area contributed by atoms with Crippen LogP contribution < -0.4 is 16.0 Å². The van der Waals surface area contributed by atoms with Gasteiger partial charge in [0.25, 0.3) is 0 Å². The molecule has 0 saturated heterocycles. The second-order valence-electron chi connectivity index (χ2n) is 8.61. The van der Waals surface area contributed by atoms with Crippen LogP contribution in [0, 0.1) is 0 Å². The van der Waals surface area contributed by atoms with Gasteiger partial charge in [-0.05, 0) is 63.5 Å². The molecule has 0 aliphatic carbocycles. The highest BCUT2D eigenvalue weighted by atomic mass is 32.1. The van der Waals surface area contributed by atoms with Crippen molar-refractivity contribution in [2.75, 3.05) is 50.8 Å². The molecule has 0 saturated carbocycles. The SMILES string of the molecule is CC(=O)[C@H](CO)NC(=O)NCCNCCCCC(=O)N(CCCCCCS)CCCCCCS. The van der Waals surface area contributed by atoms with Crippen LogP contribution in [-0.2, 0) is 9.59 Å². The number of nitrogens with one attached hydrogen (secondary N) is 3. The molecule has 3 amide bonds. The van der Waals surface area contributed by atoms with Gasteiger partial charge in [-0.1, -0.05) is 25.7 Å². The van der Waals surface area contributed by atoms with Crippen molar-refractivity contribution in [3.63, 3.8) is 0 Å². The molecule has 0 radical (unpaired) electrons. The number of Topliss-reactive ketones (excluding diaryl/α,β-unsaturated/α-hetero) is 1. The van der Waals surface area contributed by atoms with E-state index in [4.69, 9.17) is 5.11 Å². The zero-order valence-electron chi connectivity index (χ0n) is 21.0. The van der Waals surface area contributed by atoms with Gasteiger partial charge in [-0.2, -0.15) is 25.3 Å². The van der Waals surface area contributed by atoms with Crippen molar-refractivity contribution in [1.29, 1.82) is 0 Å². The summed E-state index contributed by atoms with van der Waals surface area (Å²) in [7, 11) is 0. The van der Waals surface area contributed by atoms with Gasteiger partial charge < -0.3 is 26.0 Å². The average molecular weight is 521 g/mol. The van der Waals surface area contributed by atoms with Gasteiger partial charge in [0, 0.05) is 32.6 Å². The number of aliphatic hydroxyl groups is 1. The molecule has 0 aliphatic rings. The van der Waals surface area contributed by atoms with Crippen molar-refractivity contribution < 1.29 is 19.5 Å². The van der Waals surface area contributed by atoms with Crippen LogP contribution in [0.3, 0.4) is 0 Å². The third-order valence-corrected chi connectivity index (χ3v) is 6.22. The molecule has 4 N–H and O–H groups in total. The predicted molar refractivity (Wildman–Crippen MR) is 146 cm³/mol. The molecule has 10 heteroatoms. The summed E-state index contributed by atoms with van der Waals surface area (Å²) in [4.78, 5) is 37.7. The van der Waals surface area contributed by atoms with E-state index in [2.05, 4.69) is 46.1 Å². The molecule has 8 nitrogen and oxygen atoms in total. The first-order valence-corrected chi connectivity index (χ1v) is 14.1. The summed E-state index contributed by atoms with van der Waals surface area (Å²) in [5.41, 5.74) is 0. The van der Waals surface area contributed by atoms with Gasteiger partial charge in [0.15, 0.2) is 5.78 Å². The smallest absolute Gasteiger partial charge is 0.315 e. The average Bonchev–Trinajstić information content (AvgIpc) is 2.82. The lowest BCUT2D eigenvalue weighted by atomic mass is 10.1. The van der Waals surface area contributed by atoms with Crippen molar-refractivity contribution in [3.05, 3.63) is 0 Å². The van der Waals surface area contributed by atoms with E-state index in [1.54, 1.807) is 0 Å². The van der Waals surface area contributed by atoms with Crippen LogP contribution in [0.25, 0.3) is 0 Å². The van der Waals surface area contributed by atoms with Crippen LogP contribution >= 0.6 is 25.3 Å². The van der Waals surface area contributed by atoms with E-state index in [1.807, 2.05) is 0 Å². The second kappa shape index (κ2) is 23.8. The first-order valence-electron chi connectivity index (χ1n) is 12.8.